The van der Waals surface area contributed by atoms with Gasteiger partial charge in [-0.1, -0.05) is 18.2 Å². The molecule has 2 aromatic rings. The third-order valence-electron chi connectivity index (χ3n) is 5.27. The van der Waals surface area contributed by atoms with Crippen LogP contribution >= 0.6 is 0 Å². The Labute approximate surface area is 170 Å². The molecule has 0 saturated carbocycles. The first-order valence-electron chi connectivity index (χ1n) is 9.44. The van der Waals surface area contributed by atoms with Crippen LogP contribution in [0.2, 0.25) is 0 Å². The molecule has 2 aliphatic rings. The van der Waals surface area contributed by atoms with Gasteiger partial charge in [0.25, 0.3) is 5.91 Å². The molecule has 0 aromatic heterocycles. The Balaban J connectivity index is 1.60. The quantitative estimate of drug-likeness (QED) is 0.833. The topological polar surface area (TPSA) is 69.7 Å². The molecule has 9 heteroatoms. The van der Waals surface area contributed by atoms with Gasteiger partial charge in [-0.3, -0.25) is 14.4 Å². The third kappa shape index (κ3) is 3.62. The lowest BCUT2D eigenvalue weighted by molar-refractivity contribution is -0.137. The number of halogens is 3. The van der Waals surface area contributed by atoms with Crippen LogP contribution in [-0.2, 0) is 15.8 Å². The van der Waals surface area contributed by atoms with Crippen molar-refractivity contribution < 1.29 is 27.6 Å². The molecule has 1 N–H and O–H groups in total. The minimum absolute atomic E-state index is 0.0241. The highest BCUT2D eigenvalue weighted by Crippen LogP contribution is 2.33. The number of benzene rings is 2. The van der Waals surface area contributed by atoms with Crippen molar-refractivity contribution in [1.82, 2.24) is 4.90 Å². The number of nitrogens with one attached hydrogen (secondary N) is 1. The van der Waals surface area contributed by atoms with Gasteiger partial charge in [-0.15, -0.1) is 0 Å². The van der Waals surface area contributed by atoms with Gasteiger partial charge >= 0.3 is 6.18 Å². The zero-order valence-corrected chi connectivity index (χ0v) is 15.8. The second kappa shape index (κ2) is 7.47. The van der Waals surface area contributed by atoms with Crippen LogP contribution in [0, 0.1) is 0 Å². The molecule has 3 amide bonds. The number of carbonyl (C=O) groups excluding carboxylic acids is 3. The van der Waals surface area contributed by atoms with Crippen molar-refractivity contribution in [2.24, 2.45) is 0 Å². The number of carbonyl (C=O) groups is 3. The van der Waals surface area contributed by atoms with Crippen molar-refractivity contribution in [2.75, 3.05) is 23.3 Å². The number of anilines is 2. The van der Waals surface area contributed by atoms with E-state index in [4.69, 9.17) is 0 Å². The van der Waals surface area contributed by atoms with Crippen molar-refractivity contribution in [3.8, 4) is 0 Å². The lowest BCUT2D eigenvalue weighted by atomic mass is 10.1. The first kappa shape index (κ1) is 19.9. The minimum atomic E-state index is -4.53. The van der Waals surface area contributed by atoms with E-state index in [1.807, 2.05) is 0 Å². The first-order chi connectivity index (χ1) is 14.3. The maximum atomic E-state index is 13.1. The van der Waals surface area contributed by atoms with Crippen molar-refractivity contribution in [3.63, 3.8) is 0 Å². The molecule has 156 valence electrons. The molecule has 2 aliphatic heterocycles. The highest BCUT2D eigenvalue weighted by Gasteiger charge is 2.42. The van der Waals surface area contributed by atoms with E-state index in [0.29, 0.717) is 30.6 Å². The predicted octanol–water partition coefficient (Wildman–Crippen LogP) is 3.30. The van der Waals surface area contributed by atoms with Crippen molar-refractivity contribution >= 4 is 29.1 Å². The molecule has 1 saturated heterocycles. The van der Waals surface area contributed by atoms with Crippen LogP contribution in [0.4, 0.5) is 24.5 Å². The molecule has 0 bridgehead atoms. The maximum absolute atomic E-state index is 13.1. The molecule has 1 atom stereocenters. The highest BCUT2D eigenvalue weighted by molar-refractivity contribution is 6.13. The van der Waals surface area contributed by atoms with Gasteiger partial charge in [0.05, 0.1) is 16.8 Å². The van der Waals surface area contributed by atoms with E-state index in [9.17, 15) is 27.6 Å². The van der Waals surface area contributed by atoms with Gasteiger partial charge in [-0.05, 0) is 43.2 Å². The van der Waals surface area contributed by atoms with E-state index in [1.165, 1.54) is 21.9 Å². The van der Waals surface area contributed by atoms with E-state index in [2.05, 4.69) is 5.32 Å². The standard InChI is InChI=1S/C21H18F3N3O3/c22-21(23,24)13-5-3-6-14(11-13)25-18(28)12-27-16-8-2-1-7-15(16)19(29)26-10-4-9-17(26)20(27)30/h1-3,5-8,11,17H,4,9-10,12H2,(H,25,28). The number of nitrogens with zero attached hydrogens (tertiary/aromatic N) is 2. The van der Waals surface area contributed by atoms with E-state index in [1.54, 1.807) is 24.3 Å². The van der Waals surface area contributed by atoms with Gasteiger partial charge in [0, 0.05) is 12.2 Å². The largest absolute Gasteiger partial charge is 0.416 e. The van der Waals surface area contributed by atoms with Gasteiger partial charge in [-0.25, -0.2) is 0 Å². The zero-order chi connectivity index (χ0) is 21.5. The molecule has 1 fully saturated rings. The smallest absolute Gasteiger partial charge is 0.327 e. The minimum Gasteiger partial charge on any atom is -0.327 e. The Morgan fingerprint density at radius 1 is 1.10 bits per heavy atom. The number of fused-ring (bicyclic) bond motifs is 2. The summed E-state index contributed by atoms with van der Waals surface area (Å²) in [5, 5.41) is 2.41. The summed E-state index contributed by atoms with van der Waals surface area (Å²) in [6.07, 6.45) is -3.34. The normalized spacial score (nSPS) is 18.7. The third-order valence-corrected chi connectivity index (χ3v) is 5.27. The van der Waals surface area contributed by atoms with Crippen molar-refractivity contribution in [2.45, 2.75) is 25.1 Å². The van der Waals surface area contributed by atoms with E-state index in [-0.39, 0.29) is 17.5 Å². The summed E-state index contributed by atoms with van der Waals surface area (Å²) in [6.45, 7) is 0.0531. The molecule has 4 rings (SSSR count). The fourth-order valence-electron chi connectivity index (χ4n) is 3.89. The van der Waals surface area contributed by atoms with Crippen LogP contribution in [0.1, 0.15) is 28.8 Å². The van der Waals surface area contributed by atoms with Crippen molar-refractivity contribution in [1.29, 1.82) is 0 Å². The van der Waals surface area contributed by atoms with E-state index >= 15 is 0 Å². The number of rotatable bonds is 3. The molecule has 0 radical (unpaired) electrons. The summed E-state index contributed by atoms with van der Waals surface area (Å²) in [5.74, 6) is -1.29. The van der Waals surface area contributed by atoms with Gasteiger partial charge in [0.15, 0.2) is 0 Å². The zero-order valence-electron chi connectivity index (χ0n) is 15.8. The SMILES string of the molecule is O=C(CN1C(=O)C2CCCN2C(=O)c2ccccc21)Nc1cccc(C(F)(F)F)c1. The van der Waals surface area contributed by atoms with Crippen LogP contribution < -0.4 is 10.2 Å². The van der Waals surface area contributed by atoms with Crippen LogP contribution in [0.25, 0.3) is 0 Å². The monoisotopic (exact) mass is 417 g/mol. The summed E-state index contributed by atoms with van der Waals surface area (Å²) in [7, 11) is 0. The number of para-hydroxylation sites is 1. The van der Waals surface area contributed by atoms with Gasteiger partial charge in [0.2, 0.25) is 11.8 Å². The Morgan fingerprint density at radius 3 is 2.63 bits per heavy atom. The first-order valence-corrected chi connectivity index (χ1v) is 9.44. The van der Waals surface area contributed by atoms with Crippen LogP contribution in [0.5, 0.6) is 0 Å². The Hall–Kier alpha value is -3.36. The van der Waals surface area contributed by atoms with E-state index in [0.717, 1.165) is 12.1 Å². The van der Waals surface area contributed by atoms with E-state index < -0.39 is 30.2 Å². The molecular weight excluding hydrogens is 399 g/mol. The summed E-state index contributed by atoms with van der Waals surface area (Å²) >= 11 is 0. The number of amides is 3. The number of hydrogen-bond donors (Lipinski definition) is 1. The Bertz CT molecular complexity index is 1020. The van der Waals surface area contributed by atoms with Gasteiger partial charge in [0.1, 0.15) is 12.6 Å². The second-order valence-electron chi connectivity index (χ2n) is 7.22. The Kier molecular flexibility index (Phi) is 4.97. The number of hydrogen-bond acceptors (Lipinski definition) is 3. The van der Waals surface area contributed by atoms with Crippen LogP contribution in [-0.4, -0.2) is 41.8 Å². The van der Waals surface area contributed by atoms with Crippen LogP contribution in [0.3, 0.4) is 0 Å². The molecule has 30 heavy (non-hydrogen) atoms. The summed E-state index contributed by atoms with van der Waals surface area (Å²) < 4.78 is 38.7. The summed E-state index contributed by atoms with van der Waals surface area (Å²) in [5.41, 5.74) is -0.268. The van der Waals surface area contributed by atoms with Gasteiger partial charge < -0.3 is 15.1 Å². The average molecular weight is 417 g/mol. The molecule has 1 unspecified atom stereocenters. The fraction of sp³-hybridized carbons (Fsp3) is 0.286. The highest BCUT2D eigenvalue weighted by atomic mass is 19.4. The molecular formula is C21H18F3N3O3. The summed E-state index contributed by atoms with van der Waals surface area (Å²) in [6, 6.07) is 10.2. The summed E-state index contributed by atoms with van der Waals surface area (Å²) in [4.78, 5) is 41.3. The lowest BCUT2D eigenvalue weighted by Gasteiger charge is -2.25. The molecule has 6 nitrogen and oxygen atoms in total. The molecule has 0 aliphatic carbocycles. The fourth-order valence-corrected chi connectivity index (χ4v) is 3.89. The van der Waals surface area contributed by atoms with Crippen molar-refractivity contribution in [3.05, 3.63) is 59.7 Å². The van der Waals surface area contributed by atoms with Crippen LogP contribution in [0.15, 0.2) is 48.5 Å². The lowest BCUT2D eigenvalue weighted by Crippen LogP contribution is -2.47. The second-order valence-corrected chi connectivity index (χ2v) is 7.22. The predicted molar refractivity (Wildman–Crippen MR) is 103 cm³/mol. The molecule has 2 aromatic carbocycles. The molecule has 2 heterocycles. The van der Waals surface area contributed by atoms with Gasteiger partial charge in [-0.2, -0.15) is 13.2 Å². The average Bonchev–Trinajstić information content (AvgIpc) is 3.18. The maximum Gasteiger partial charge on any atom is 0.416 e. The molecule has 0 spiro atoms. The Morgan fingerprint density at radius 2 is 1.87 bits per heavy atom. The number of alkyl halides is 3.